The molecule has 7 heteroatoms. The molecule has 0 aromatic heterocycles. The molecule has 124 valence electrons. The molecule has 1 aromatic carbocycles. The summed E-state index contributed by atoms with van der Waals surface area (Å²) in [5.41, 5.74) is 6.42. The van der Waals surface area contributed by atoms with Gasteiger partial charge in [-0.1, -0.05) is 6.07 Å². The van der Waals surface area contributed by atoms with Gasteiger partial charge in [-0.15, -0.1) is 0 Å². The first-order valence-corrected chi connectivity index (χ1v) is 7.23. The van der Waals surface area contributed by atoms with Crippen molar-refractivity contribution in [2.75, 3.05) is 19.2 Å². The van der Waals surface area contributed by atoms with E-state index in [-0.39, 0.29) is 11.6 Å². The van der Waals surface area contributed by atoms with Crippen molar-refractivity contribution in [3.63, 3.8) is 0 Å². The second-order valence-corrected chi connectivity index (χ2v) is 5.50. The molecular weight excluding hydrogens is 296 g/mol. The van der Waals surface area contributed by atoms with Crippen LogP contribution in [0.5, 0.6) is 0 Å². The third kappa shape index (κ3) is 3.40. The average molecular weight is 318 g/mol. The molecule has 1 aromatic rings. The zero-order chi connectivity index (χ0) is 17.2. The summed E-state index contributed by atoms with van der Waals surface area (Å²) in [7, 11) is 2.96. The minimum Gasteiger partial charge on any atom is -0.335 e. The van der Waals surface area contributed by atoms with Crippen molar-refractivity contribution in [2.24, 2.45) is 10.2 Å². The number of nitrogens with one attached hydrogen (secondary N) is 1. The van der Waals surface area contributed by atoms with E-state index in [1.165, 1.54) is 19.2 Å². The number of amides is 1. The van der Waals surface area contributed by atoms with Crippen LogP contribution in [0.3, 0.4) is 0 Å². The molecule has 1 aliphatic heterocycles. The quantitative estimate of drug-likeness (QED) is 0.665. The Kier molecular flexibility index (Phi) is 4.82. The Morgan fingerprint density at radius 2 is 1.83 bits per heavy atom. The van der Waals surface area contributed by atoms with E-state index in [4.69, 9.17) is 9.47 Å². The molecule has 1 N–H and O–H groups in total. The number of rotatable bonds is 5. The van der Waals surface area contributed by atoms with E-state index < -0.39 is 5.91 Å². The molecule has 0 bridgehead atoms. The highest BCUT2D eigenvalue weighted by Gasteiger charge is 2.32. The zero-order valence-corrected chi connectivity index (χ0v) is 14.3. The standard InChI is InChI=1S/C16H22N4O3/c1-10-7-8-13(9-11(10)2)20-15(21)14(12(3)18-20)17-19-16(4,22-5)23-6/h7-9,19H,1-6H3/b17-14+. The van der Waals surface area contributed by atoms with Gasteiger partial charge in [-0.05, 0) is 44.0 Å². The Hall–Kier alpha value is -2.25. The highest BCUT2D eigenvalue weighted by atomic mass is 16.7. The van der Waals surface area contributed by atoms with E-state index in [1.807, 2.05) is 32.0 Å². The first-order chi connectivity index (χ1) is 10.8. The van der Waals surface area contributed by atoms with Gasteiger partial charge in [0.25, 0.3) is 5.91 Å². The summed E-state index contributed by atoms with van der Waals surface area (Å²) in [6.45, 7) is 7.40. The summed E-state index contributed by atoms with van der Waals surface area (Å²) in [4.78, 5) is 12.6. The topological polar surface area (TPSA) is 75.5 Å². The number of anilines is 1. The summed E-state index contributed by atoms with van der Waals surface area (Å²) in [5, 5.41) is 9.75. The van der Waals surface area contributed by atoms with Crippen molar-refractivity contribution in [1.82, 2.24) is 5.43 Å². The first kappa shape index (κ1) is 17.1. The van der Waals surface area contributed by atoms with Crippen LogP contribution in [0.15, 0.2) is 28.4 Å². The van der Waals surface area contributed by atoms with Gasteiger partial charge in [0, 0.05) is 21.1 Å². The summed E-state index contributed by atoms with van der Waals surface area (Å²) in [6.07, 6.45) is 0. The summed E-state index contributed by atoms with van der Waals surface area (Å²) in [6, 6.07) is 5.75. The number of hydrogen-bond acceptors (Lipinski definition) is 6. The SMILES string of the molecule is COC(C)(N/N=C1/C(=O)N(c2ccc(C)c(C)c2)N=C1C)OC. The Morgan fingerprint density at radius 1 is 1.17 bits per heavy atom. The van der Waals surface area contributed by atoms with Gasteiger partial charge in [-0.3, -0.25) is 10.2 Å². The largest absolute Gasteiger partial charge is 0.335 e. The number of hydrogen-bond donors (Lipinski definition) is 1. The number of hydrazone groups is 2. The minimum atomic E-state index is -1.11. The van der Waals surface area contributed by atoms with Crippen LogP contribution in [-0.4, -0.2) is 37.5 Å². The van der Waals surface area contributed by atoms with Crippen LogP contribution in [0.1, 0.15) is 25.0 Å². The third-order valence-electron chi connectivity index (χ3n) is 3.87. The van der Waals surface area contributed by atoms with E-state index in [9.17, 15) is 4.79 Å². The normalized spacial score (nSPS) is 17.0. The van der Waals surface area contributed by atoms with Gasteiger partial charge in [0.2, 0.25) is 0 Å². The lowest BCUT2D eigenvalue weighted by atomic mass is 10.1. The number of nitrogens with zero attached hydrogens (tertiary/aromatic N) is 3. The third-order valence-corrected chi connectivity index (χ3v) is 3.87. The van der Waals surface area contributed by atoms with Crippen molar-refractivity contribution in [3.05, 3.63) is 29.3 Å². The highest BCUT2D eigenvalue weighted by molar-refractivity contribution is 6.71. The Balaban J connectivity index is 2.26. The predicted octanol–water partition coefficient (Wildman–Crippen LogP) is 1.94. The maximum absolute atomic E-state index is 12.6. The number of carbonyl (C=O) groups excluding carboxylic acids is 1. The van der Waals surface area contributed by atoms with E-state index in [0.29, 0.717) is 11.4 Å². The molecule has 1 amide bonds. The lowest BCUT2D eigenvalue weighted by Gasteiger charge is -2.25. The van der Waals surface area contributed by atoms with Crippen molar-refractivity contribution in [1.29, 1.82) is 0 Å². The van der Waals surface area contributed by atoms with Crippen LogP contribution in [0.4, 0.5) is 5.69 Å². The van der Waals surface area contributed by atoms with Crippen molar-refractivity contribution in [3.8, 4) is 0 Å². The molecule has 2 rings (SSSR count). The molecule has 7 nitrogen and oxygen atoms in total. The second kappa shape index (κ2) is 6.47. The van der Waals surface area contributed by atoms with Crippen LogP contribution in [0, 0.1) is 13.8 Å². The van der Waals surface area contributed by atoms with Crippen LogP contribution < -0.4 is 10.4 Å². The monoisotopic (exact) mass is 318 g/mol. The number of carbonyl (C=O) groups is 1. The lowest BCUT2D eigenvalue weighted by Crippen LogP contribution is -2.44. The molecule has 23 heavy (non-hydrogen) atoms. The van der Waals surface area contributed by atoms with E-state index >= 15 is 0 Å². The Bertz CT molecular complexity index is 678. The summed E-state index contributed by atoms with van der Waals surface area (Å²) in [5.74, 6) is -1.41. The predicted molar refractivity (Wildman–Crippen MR) is 89.5 cm³/mol. The van der Waals surface area contributed by atoms with Crippen molar-refractivity contribution >= 4 is 23.0 Å². The van der Waals surface area contributed by atoms with Gasteiger partial charge in [0.05, 0.1) is 11.4 Å². The van der Waals surface area contributed by atoms with Gasteiger partial charge in [0.1, 0.15) is 0 Å². The molecular formula is C16H22N4O3. The molecule has 0 radical (unpaired) electrons. The zero-order valence-electron chi connectivity index (χ0n) is 14.3. The molecule has 1 aliphatic rings. The molecule has 0 atom stereocenters. The molecule has 0 spiro atoms. The molecule has 0 fully saturated rings. The van der Waals surface area contributed by atoms with E-state index in [0.717, 1.165) is 11.1 Å². The molecule has 0 saturated heterocycles. The highest BCUT2D eigenvalue weighted by Crippen LogP contribution is 2.22. The first-order valence-electron chi connectivity index (χ1n) is 7.23. The number of benzene rings is 1. The number of ether oxygens (including phenoxy) is 2. The average Bonchev–Trinajstić information content (AvgIpc) is 2.82. The van der Waals surface area contributed by atoms with Gasteiger partial charge in [-0.25, -0.2) is 0 Å². The van der Waals surface area contributed by atoms with Gasteiger partial charge in [0.15, 0.2) is 5.71 Å². The maximum Gasteiger partial charge on any atom is 0.301 e. The molecule has 0 aliphatic carbocycles. The van der Waals surface area contributed by atoms with E-state index in [2.05, 4.69) is 15.6 Å². The van der Waals surface area contributed by atoms with Crippen LogP contribution >= 0.6 is 0 Å². The minimum absolute atomic E-state index is 0.226. The fraction of sp³-hybridized carbons (Fsp3) is 0.438. The molecule has 0 saturated carbocycles. The van der Waals surface area contributed by atoms with Gasteiger partial charge >= 0.3 is 5.91 Å². The second-order valence-electron chi connectivity index (χ2n) is 5.50. The summed E-state index contributed by atoms with van der Waals surface area (Å²) >= 11 is 0. The van der Waals surface area contributed by atoms with E-state index in [1.54, 1.807) is 13.8 Å². The van der Waals surface area contributed by atoms with Crippen molar-refractivity contribution < 1.29 is 14.3 Å². The number of methoxy groups -OCH3 is 2. The van der Waals surface area contributed by atoms with Crippen LogP contribution in [-0.2, 0) is 14.3 Å². The Labute approximate surface area is 136 Å². The van der Waals surface area contributed by atoms with Crippen LogP contribution in [0.25, 0.3) is 0 Å². The Morgan fingerprint density at radius 3 is 2.39 bits per heavy atom. The number of aryl methyl sites for hydroxylation is 2. The lowest BCUT2D eigenvalue weighted by molar-refractivity contribution is -0.214. The van der Waals surface area contributed by atoms with Gasteiger partial charge in [-0.2, -0.15) is 15.2 Å². The van der Waals surface area contributed by atoms with Gasteiger partial charge < -0.3 is 9.47 Å². The maximum atomic E-state index is 12.6. The van der Waals surface area contributed by atoms with Crippen molar-refractivity contribution in [2.45, 2.75) is 33.6 Å². The van der Waals surface area contributed by atoms with Crippen LogP contribution in [0.2, 0.25) is 0 Å². The molecule has 0 unspecified atom stereocenters. The molecule has 1 heterocycles. The summed E-state index contributed by atoms with van der Waals surface area (Å²) < 4.78 is 10.3. The fourth-order valence-corrected chi connectivity index (χ4v) is 1.99. The smallest absolute Gasteiger partial charge is 0.301 e. The fourth-order valence-electron chi connectivity index (χ4n) is 1.99.